The number of nitrogens with one attached hydrogen (secondary N) is 2. The first-order valence-electron chi connectivity index (χ1n) is 21.2. The van der Waals surface area contributed by atoms with E-state index in [-0.39, 0.29) is 49.5 Å². The standard InChI is InChI=1S/C45H62FN5O11/c1-27(2)40-43(58)47-36(25-31-23-32(46)26-33(53)24-31)44(59)50-20-12-14-35(49-50)45(60)62-38(28(3)13-11-17-39(55)51-21-9-10-22-61-51)16-8-6-7-15-37(54)30(5)41(56)34(42(57)48-40)19-18-29(4)52/h6-8,11,13,15,17,23-24,26-27,30,34-38,40-41,49,53-54,56H,9-10,12,14,16,18-22,25H2,1-5H3,(H,47,58)(H,48,57)/p-1/b8-6+,15-7+,17-11+,28-13+/t30-,34+,35?,36-,37-,38-,40-,41+/m0/s1. The smallest absolute Gasteiger partial charge is 0.325 e. The molecular formula is C45H61FN5O11-. The van der Waals surface area contributed by atoms with Gasteiger partial charge in [0, 0.05) is 56.3 Å². The van der Waals surface area contributed by atoms with E-state index in [1.54, 1.807) is 45.1 Å². The number of hydrogen-bond donors (Lipinski definition) is 5. The lowest BCUT2D eigenvalue weighted by atomic mass is 9.84. The fraction of sp³-hybridized carbons (Fsp3) is 0.556. The van der Waals surface area contributed by atoms with Crippen molar-refractivity contribution < 1.29 is 58.4 Å². The van der Waals surface area contributed by atoms with Gasteiger partial charge in [0.15, 0.2) is 0 Å². The highest BCUT2D eigenvalue weighted by Crippen LogP contribution is 2.25. The van der Waals surface area contributed by atoms with Gasteiger partial charge in [-0.15, -0.1) is 0 Å². The van der Waals surface area contributed by atoms with E-state index in [0.29, 0.717) is 31.6 Å². The molecule has 340 valence electrons. The van der Waals surface area contributed by atoms with Crippen LogP contribution >= 0.6 is 0 Å². The van der Waals surface area contributed by atoms with Crippen molar-refractivity contribution in [2.45, 2.75) is 122 Å². The molecule has 0 aromatic heterocycles. The molecule has 0 saturated carbocycles. The summed E-state index contributed by atoms with van der Waals surface area (Å²) in [7, 11) is 0. The number of aliphatic imine (C=N–C) groups is 1. The number of carbonyl (C=O) groups is 5. The second-order valence-electron chi connectivity index (χ2n) is 16.5. The second kappa shape index (κ2) is 23.8. The molecule has 0 radical (unpaired) electrons. The van der Waals surface area contributed by atoms with Crippen LogP contribution < -0.4 is 15.8 Å². The number of nitrogens with zero attached hydrogens (tertiary/aromatic N) is 3. The Bertz CT molecular complexity index is 1870. The number of phenolic OH excluding ortho intramolecular Hbond substituents is 1. The number of hydrogen-bond acceptors (Lipinski definition) is 13. The maximum atomic E-state index is 14.4. The van der Waals surface area contributed by atoms with Gasteiger partial charge >= 0.3 is 5.97 Å². The monoisotopic (exact) mass is 866 g/mol. The van der Waals surface area contributed by atoms with Gasteiger partial charge in [-0.25, -0.2) is 14.9 Å². The summed E-state index contributed by atoms with van der Waals surface area (Å²) in [5.74, 6) is -7.69. The molecule has 1 aromatic carbocycles. The minimum absolute atomic E-state index is 0.0810. The number of rotatable bonds is 9. The van der Waals surface area contributed by atoms with E-state index in [2.05, 4.69) is 15.7 Å². The number of esters is 1. The van der Waals surface area contributed by atoms with Gasteiger partial charge in [0.2, 0.25) is 5.91 Å². The van der Waals surface area contributed by atoms with Gasteiger partial charge in [-0.1, -0.05) is 57.2 Å². The van der Waals surface area contributed by atoms with Crippen molar-refractivity contribution >= 4 is 35.4 Å². The topological polar surface area (TPSA) is 230 Å². The Labute approximate surface area is 362 Å². The Morgan fingerprint density at radius 1 is 1.08 bits per heavy atom. The van der Waals surface area contributed by atoms with Crippen molar-refractivity contribution in [3.05, 3.63) is 77.7 Å². The molecule has 3 amide bonds. The number of hydrazine groups is 1. The van der Waals surface area contributed by atoms with E-state index in [1.165, 1.54) is 48.2 Å². The molecule has 1 unspecified atom stereocenters. The summed E-state index contributed by atoms with van der Waals surface area (Å²) in [6.45, 7) is 8.90. The first-order valence-corrected chi connectivity index (χ1v) is 21.2. The van der Waals surface area contributed by atoms with Crippen LogP contribution in [0.1, 0.15) is 85.1 Å². The third-order valence-corrected chi connectivity index (χ3v) is 11.0. The normalized spacial score (nSPS) is 29.0. The predicted molar refractivity (Wildman–Crippen MR) is 225 cm³/mol. The average Bonchev–Trinajstić information content (AvgIpc) is 3.23. The molecule has 3 aliphatic heterocycles. The van der Waals surface area contributed by atoms with Crippen LogP contribution in [0, 0.1) is 23.6 Å². The van der Waals surface area contributed by atoms with Crippen LogP contribution in [0.4, 0.5) is 4.39 Å². The number of allylic oxidation sites excluding steroid dienone is 4. The molecule has 3 aliphatic rings. The number of ketones is 1. The molecule has 1 aromatic rings. The number of cyclic esters (lactones) is 1. The third kappa shape index (κ3) is 14.7. The van der Waals surface area contributed by atoms with Crippen molar-refractivity contribution in [3.63, 3.8) is 0 Å². The van der Waals surface area contributed by atoms with E-state index in [0.717, 1.165) is 25.0 Å². The predicted octanol–water partition coefficient (Wildman–Crippen LogP) is 2.67. The van der Waals surface area contributed by atoms with E-state index < -0.39 is 89.4 Å². The van der Waals surface area contributed by atoms with Gasteiger partial charge in [0.25, 0.3) is 11.8 Å². The largest absolute Gasteiger partial charge is 0.862 e. The van der Waals surface area contributed by atoms with E-state index in [9.17, 15) is 48.8 Å². The van der Waals surface area contributed by atoms with E-state index >= 15 is 0 Å². The summed E-state index contributed by atoms with van der Waals surface area (Å²) in [6, 6.07) is -0.573. The van der Waals surface area contributed by atoms with Gasteiger partial charge < -0.3 is 35.3 Å². The molecule has 0 spiro atoms. The quantitative estimate of drug-likeness (QED) is 0.137. The molecule has 8 atom stereocenters. The number of hydroxylamine groups is 2. The lowest BCUT2D eigenvalue weighted by Gasteiger charge is -2.36. The highest BCUT2D eigenvalue weighted by atomic mass is 19.1. The first-order chi connectivity index (χ1) is 29.4. The number of aromatic hydroxyl groups is 1. The molecule has 2 bridgehead atoms. The number of carbonyl (C=O) groups excluding carboxylic acids is 5. The van der Waals surface area contributed by atoms with Crippen LogP contribution in [0.5, 0.6) is 5.75 Å². The molecular weight excluding hydrogens is 806 g/mol. The summed E-state index contributed by atoms with van der Waals surface area (Å²) < 4.78 is 20.5. The lowest BCUT2D eigenvalue weighted by Crippen LogP contribution is -2.61. The van der Waals surface area contributed by atoms with Crippen LogP contribution in [-0.2, 0) is 40.0 Å². The van der Waals surface area contributed by atoms with Crippen LogP contribution in [0.3, 0.4) is 0 Å². The third-order valence-electron chi connectivity index (χ3n) is 11.0. The van der Waals surface area contributed by atoms with Crippen LogP contribution in [0.2, 0.25) is 0 Å². The second-order valence-corrected chi connectivity index (χ2v) is 16.5. The number of benzene rings is 1. The lowest BCUT2D eigenvalue weighted by molar-refractivity contribution is -0.229. The van der Waals surface area contributed by atoms with Gasteiger partial charge in [-0.05, 0) is 81.0 Å². The first kappa shape index (κ1) is 49.4. The van der Waals surface area contributed by atoms with Crippen molar-refractivity contribution in [2.75, 3.05) is 19.7 Å². The summed E-state index contributed by atoms with van der Waals surface area (Å²) in [5, 5.41) is 51.7. The number of Topliss-reactive ketones (excluding diaryl/α,β-unsaturated/α-hetero) is 1. The molecule has 4 rings (SSSR count). The van der Waals surface area contributed by atoms with Crippen molar-refractivity contribution in [3.8, 4) is 5.75 Å². The molecule has 62 heavy (non-hydrogen) atoms. The molecule has 16 nitrogen and oxygen atoms in total. The van der Waals surface area contributed by atoms with Crippen molar-refractivity contribution in [1.29, 1.82) is 0 Å². The Hall–Kier alpha value is -5.23. The summed E-state index contributed by atoms with van der Waals surface area (Å²) in [6.07, 6.45) is 9.21. The SMILES string of the molecule is CC(=O)CC[C@H]1C([O-])=N[C@@H](C(C)C)C(=O)N[C@@H](Cc2cc(O)cc(F)c2)C(=O)N2CCCC(N2)C(=O)O[C@H](/C(C)=C/C=C/C(=O)N2CCCCO2)C/C=C/C=C/[C@H](O)[C@H](C)[C@H]1O. The molecule has 17 heteroatoms. The van der Waals surface area contributed by atoms with Crippen LogP contribution in [0.25, 0.3) is 0 Å². The minimum atomic E-state index is -1.49. The van der Waals surface area contributed by atoms with Crippen molar-refractivity contribution in [2.24, 2.45) is 22.7 Å². The number of ether oxygens (including phenoxy) is 1. The van der Waals surface area contributed by atoms with Gasteiger partial charge in [-0.2, -0.15) is 0 Å². The number of fused-ring (bicyclic) bond motifs is 2. The Kier molecular flexibility index (Phi) is 19.0. The molecule has 2 fully saturated rings. The fourth-order valence-corrected chi connectivity index (χ4v) is 7.28. The number of aliphatic hydroxyl groups is 2. The summed E-state index contributed by atoms with van der Waals surface area (Å²) in [4.78, 5) is 76.5. The highest BCUT2D eigenvalue weighted by Gasteiger charge is 2.36. The fourth-order valence-electron chi connectivity index (χ4n) is 7.28. The maximum absolute atomic E-state index is 14.4. The number of halogens is 1. The minimum Gasteiger partial charge on any atom is -0.862 e. The van der Waals surface area contributed by atoms with E-state index in [1.807, 2.05) is 0 Å². The summed E-state index contributed by atoms with van der Waals surface area (Å²) in [5.41, 5.74) is 3.67. The molecule has 0 aliphatic carbocycles. The van der Waals surface area contributed by atoms with Gasteiger partial charge in [0.05, 0.1) is 18.8 Å². The number of amides is 3. The number of phenols is 1. The Balaban J connectivity index is 1.73. The van der Waals surface area contributed by atoms with E-state index in [4.69, 9.17) is 9.57 Å². The van der Waals surface area contributed by atoms with Gasteiger partial charge in [0.1, 0.15) is 41.6 Å². The van der Waals surface area contributed by atoms with Crippen molar-refractivity contribution in [1.82, 2.24) is 20.8 Å². The molecule has 5 N–H and O–H groups in total. The Morgan fingerprint density at radius 2 is 1.84 bits per heavy atom. The zero-order valence-corrected chi connectivity index (χ0v) is 36.1. The maximum Gasteiger partial charge on any atom is 0.325 e. The summed E-state index contributed by atoms with van der Waals surface area (Å²) >= 11 is 0. The van der Waals surface area contributed by atoms with Crippen LogP contribution in [-0.4, -0.2) is 117 Å². The molecule has 2 saturated heterocycles. The zero-order chi connectivity index (χ0) is 45.5. The average molecular weight is 867 g/mol. The van der Waals surface area contributed by atoms with Crippen LogP contribution in [0.15, 0.2) is 71.3 Å². The molecule has 3 heterocycles. The van der Waals surface area contributed by atoms with Gasteiger partial charge in [-0.3, -0.25) is 34.0 Å². The number of aliphatic hydroxyl groups excluding tert-OH is 2. The Morgan fingerprint density at radius 3 is 2.52 bits per heavy atom. The zero-order valence-electron chi connectivity index (χ0n) is 36.1. The highest BCUT2D eigenvalue weighted by molar-refractivity contribution is 5.92.